The molecule has 1 aliphatic rings. The number of rotatable bonds is 2. The summed E-state index contributed by atoms with van der Waals surface area (Å²) in [6.07, 6.45) is 1.12. The van der Waals surface area contributed by atoms with Gasteiger partial charge in [-0.2, -0.15) is 0 Å². The molecule has 0 amide bonds. The van der Waals surface area contributed by atoms with Crippen LogP contribution in [0.1, 0.15) is 29.0 Å². The van der Waals surface area contributed by atoms with Crippen LogP contribution >= 0.6 is 22.9 Å². The molecular weight excluding hydrogens is 276 g/mol. The number of hydrogen-bond donors (Lipinski definition) is 1. The van der Waals surface area contributed by atoms with E-state index >= 15 is 0 Å². The van der Waals surface area contributed by atoms with Crippen LogP contribution in [0.2, 0.25) is 5.02 Å². The molecule has 0 bridgehead atoms. The molecule has 1 aromatic carbocycles. The van der Waals surface area contributed by atoms with Crippen LogP contribution in [0.5, 0.6) is 0 Å². The van der Waals surface area contributed by atoms with Crippen molar-refractivity contribution in [3.8, 4) is 0 Å². The third-order valence-corrected chi connectivity index (χ3v) is 5.21. The quantitative estimate of drug-likeness (QED) is 0.907. The van der Waals surface area contributed by atoms with E-state index in [2.05, 4.69) is 29.3 Å². The van der Waals surface area contributed by atoms with E-state index in [0.717, 1.165) is 23.6 Å². The second-order valence-corrected chi connectivity index (χ2v) is 6.31. The van der Waals surface area contributed by atoms with Crippen molar-refractivity contribution in [3.63, 3.8) is 0 Å². The van der Waals surface area contributed by atoms with E-state index in [1.54, 1.807) is 0 Å². The van der Waals surface area contributed by atoms with Gasteiger partial charge in [-0.15, -0.1) is 11.3 Å². The molecule has 1 aliphatic heterocycles. The van der Waals surface area contributed by atoms with Gasteiger partial charge in [0, 0.05) is 28.7 Å². The second-order valence-electron chi connectivity index (χ2n) is 4.90. The Labute approximate surface area is 122 Å². The van der Waals surface area contributed by atoms with E-state index in [9.17, 15) is 0 Å². The van der Waals surface area contributed by atoms with Crippen molar-refractivity contribution in [1.82, 2.24) is 0 Å². The zero-order valence-electron chi connectivity index (χ0n) is 10.9. The summed E-state index contributed by atoms with van der Waals surface area (Å²) in [7, 11) is 0. The molecular formula is C15H17ClN2S. The lowest BCUT2D eigenvalue weighted by molar-refractivity contribution is 0.633. The van der Waals surface area contributed by atoms with Gasteiger partial charge in [-0.1, -0.05) is 17.7 Å². The predicted molar refractivity (Wildman–Crippen MR) is 83.1 cm³/mol. The summed E-state index contributed by atoms with van der Waals surface area (Å²) < 4.78 is 0. The van der Waals surface area contributed by atoms with E-state index in [1.807, 2.05) is 23.5 Å². The van der Waals surface area contributed by atoms with E-state index in [4.69, 9.17) is 17.3 Å². The SMILES string of the molecule is CC1c2ccsc2CCN1c1ccc(CN)c(Cl)c1. The third-order valence-electron chi connectivity index (χ3n) is 3.87. The van der Waals surface area contributed by atoms with Crippen molar-refractivity contribution in [2.24, 2.45) is 5.73 Å². The summed E-state index contributed by atoms with van der Waals surface area (Å²) in [6, 6.07) is 8.86. The highest BCUT2D eigenvalue weighted by Gasteiger charge is 2.25. The molecule has 4 heteroatoms. The molecule has 0 spiro atoms. The Morgan fingerprint density at radius 1 is 1.42 bits per heavy atom. The Kier molecular flexibility index (Phi) is 3.52. The molecule has 0 aliphatic carbocycles. The number of fused-ring (bicyclic) bond motifs is 1. The molecule has 1 aromatic heterocycles. The van der Waals surface area contributed by atoms with Gasteiger partial charge in [0.1, 0.15) is 0 Å². The molecule has 19 heavy (non-hydrogen) atoms. The molecule has 2 nitrogen and oxygen atoms in total. The van der Waals surface area contributed by atoms with Crippen molar-refractivity contribution in [3.05, 3.63) is 50.7 Å². The average Bonchev–Trinajstić information content (AvgIpc) is 2.88. The standard InChI is InChI=1S/C15H17ClN2S/c1-10-13-5-7-19-15(13)4-6-18(10)12-3-2-11(9-17)14(16)8-12/h2-3,5,7-8,10H,4,6,9,17H2,1H3. The van der Waals surface area contributed by atoms with Gasteiger partial charge in [-0.05, 0) is 48.1 Å². The molecule has 0 radical (unpaired) electrons. The highest BCUT2D eigenvalue weighted by Crippen LogP contribution is 2.37. The first-order valence-electron chi connectivity index (χ1n) is 6.52. The molecule has 2 heterocycles. The number of thiophene rings is 1. The van der Waals surface area contributed by atoms with Gasteiger partial charge in [-0.25, -0.2) is 0 Å². The van der Waals surface area contributed by atoms with Gasteiger partial charge in [0.15, 0.2) is 0 Å². The molecule has 0 saturated heterocycles. The van der Waals surface area contributed by atoms with Crippen LogP contribution < -0.4 is 10.6 Å². The monoisotopic (exact) mass is 292 g/mol. The highest BCUT2D eigenvalue weighted by atomic mass is 35.5. The number of anilines is 1. The molecule has 0 saturated carbocycles. The first kappa shape index (κ1) is 13.0. The summed E-state index contributed by atoms with van der Waals surface area (Å²) in [5, 5.41) is 2.96. The molecule has 3 rings (SSSR count). The minimum atomic E-state index is 0.412. The fourth-order valence-corrected chi connectivity index (χ4v) is 3.96. The molecule has 0 fully saturated rings. The minimum absolute atomic E-state index is 0.412. The van der Waals surface area contributed by atoms with Gasteiger partial charge >= 0.3 is 0 Å². The number of halogens is 1. The molecule has 1 unspecified atom stereocenters. The van der Waals surface area contributed by atoms with Crippen molar-refractivity contribution in [2.45, 2.75) is 25.9 Å². The van der Waals surface area contributed by atoms with Crippen LogP contribution in [-0.2, 0) is 13.0 Å². The fourth-order valence-electron chi connectivity index (χ4n) is 2.74. The van der Waals surface area contributed by atoms with Gasteiger partial charge < -0.3 is 10.6 Å². The first-order valence-corrected chi connectivity index (χ1v) is 7.78. The maximum absolute atomic E-state index is 6.27. The lowest BCUT2D eigenvalue weighted by Crippen LogP contribution is -2.33. The Hall–Kier alpha value is -1.03. The van der Waals surface area contributed by atoms with Crippen LogP contribution in [0.4, 0.5) is 5.69 Å². The van der Waals surface area contributed by atoms with Crippen LogP contribution in [-0.4, -0.2) is 6.54 Å². The maximum Gasteiger partial charge on any atom is 0.0525 e. The average molecular weight is 293 g/mol. The lowest BCUT2D eigenvalue weighted by Gasteiger charge is -2.35. The van der Waals surface area contributed by atoms with Crippen molar-refractivity contribution in [2.75, 3.05) is 11.4 Å². The van der Waals surface area contributed by atoms with Crippen LogP contribution in [0.15, 0.2) is 29.6 Å². The van der Waals surface area contributed by atoms with Crippen LogP contribution in [0.3, 0.4) is 0 Å². The van der Waals surface area contributed by atoms with E-state index < -0.39 is 0 Å². The van der Waals surface area contributed by atoms with Gasteiger partial charge in [0.2, 0.25) is 0 Å². The summed E-state index contributed by atoms with van der Waals surface area (Å²) in [5.41, 5.74) is 9.31. The number of hydrogen-bond acceptors (Lipinski definition) is 3. The summed E-state index contributed by atoms with van der Waals surface area (Å²) in [4.78, 5) is 3.94. The van der Waals surface area contributed by atoms with Gasteiger partial charge in [-0.3, -0.25) is 0 Å². The summed E-state index contributed by atoms with van der Waals surface area (Å²) in [5.74, 6) is 0. The molecule has 1 atom stereocenters. The number of benzene rings is 1. The van der Waals surface area contributed by atoms with E-state index in [0.29, 0.717) is 12.6 Å². The largest absolute Gasteiger partial charge is 0.364 e. The Morgan fingerprint density at radius 3 is 3.00 bits per heavy atom. The molecule has 100 valence electrons. The zero-order chi connectivity index (χ0) is 13.4. The maximum atomic E-state index is 6.27. The topological polar surface area (TPSA) is 29.3 Å². The number of nitrogens with zero attached hydrogens (tertiary/aromatic N) is 1. The minimum Gasteiger partial charge on any atom is -0.364 e. The van der Waals surface area contributed by atoms with Crippen molar-refractivity contribution >= 4 is 28.6 Å². The van der Waals surface area contributed by atoms with E-state index in [-0.39, 0.29) is 0 Å². The van der Waals surface area contributed by atoms with Gasteiger partial charge in [0.05, 0.1) is 6.04 Å². The summed E-state index contributed by atoms with van der Waals surface area (Å²) in [6.45, 7) is 3.80. The van der Waals surface area contributed by atoms with E-state index in [1.165, 1.54) is 16.1 Å². The zero-order valence-corrected chi connectivity index (χ0v) is 12.5. The Balaban J connectivity index is 1.93. The Morgan fingerprint density at radius 2 is 2.26 bits per heavy atom. The van der Waals surface area contributed by atoms with Crippen molar-refractivity contribution in [1.29, 1.82) is 0 Å². The van der Waals surface area contributed by atoms with Crippen LogP contribution in [0.25, 0.3) is 0 Å². The Bertz CT molecular complexity index is 594. The smallest absolute Gasteiger partial charge is 0.0525 e. The van der Waals surface area contributed by atoms with Crippen LogP contribution in [0, 0.1) is 0 Å². The molecule has 2 N–H and O–H groups in total. The normalized spacial score (nSPS) is 18.5. The number of nitrogens with two attached hydrogens (primary N) is 1. The second kappa shape index (κ2) is 5.16. The first-order chi connectivity index (χ1) is 9.20. The summed E-state index contributed by atoms with van der Waals surface area (Å²) >= 11 is 8.14. The lowest BCUT2D eigenvalue weighted by atomic mass is 10.0. The predicted octanol–water partition coefficient (Wildman–Crippen LogP) is 3.98. The van der Waals surface area contributed by atoms with Crippen molar-refractivity contribution < 1.29 is 0 Å². The third kappa shape index (κ3) is 2.27. The van der Waals surface area contributed by atoms with Gasteiger partial charge in [0.25, 0.3) is 0 Å². The highest BCUT2D eigenvalue weighted by molar-refractivity contribution is 7.10. The fraction of sp³-hybridized carbons (Fsp3) is 0.333. The molecule has 2 aromatic rings.